The minimum absolute atomic E-state index is 0.293. The number of nitrogens with one attached hydrogen (secondary N) is 1. The summed E-state index contributed by atoms with van der Waals surface area (Å²) in [7, 11) is 0. The van der Waals surface area contributed by atoms with Gasteiger partial charge in [-0.1, -0.05) is 42.0 Å². The average molecular weight is 347 g/mol. The quantitative estimate of drug-likeness (QED) is 0.784. The second-order valence-electron chi connectivity index (χ2n) is 5.77. The van der Waals surface area contributed by atoms with Crippen LogP contribution in [-0.4, -0.2) is 21.6 Å². The van der Waals surface area contributed by atoms with E-state index >= 15 is 0 Å². The summed E-state index contributed by atoms with van der Waals surface area (Å²) < 4.78 is 39.0. The first kappa shape index (κ1) is 17.0. The number of benzene rings is 2. The second-order valence-corrected chi connectivity index (χ2v) is 5.77. The van der Waals surface area contributed by atoms with Gasteiger partial charge in [0, 0.05) is 6.54 Å². The van der Waals surface area contributed by atoms with Crippen molar-refractivity contribution in [2.45, 2.75) is 26.2 Å². The molecule has 1 aromatic heterocycles. The van der Waals surface area contributed by atoms with Crippen molar-refractivity contribution in [2.24, 2.45) is 0 Å². The van der Waals surface area contributed by atoms with Crippen LogP contribution in [0.2, 0.25) is 0 Å². The van der Waals surface area contributed by atoms with Crippen LogP contribution in [0.1, 0.15) is 17.0 Å². The van der Waals surface area contributed by atoms with E-state index in [1.54, 1.807) is 6.07 Å². The van der Waals surface area contributed by atoms with Crippen LogP contribution in [0.4, 0.5) is 13.2 Å². The zero-order valence-electron chi connectivity index (χ0n) is 13.5. The topological polar surface area (TPSA) is 46.9 Å². The number of amides is 1. The number of imidazole rings is 1. The number of hydrogen-bond acceptors (Lipinski definition) is 2. The number of carbonyl (C=O) groups excluding carboxylic acids is 1. The summed E-state index contributed by atoms with van der Waals surface area (Å²) in [6.07, 6.45) is -4.91. The fourth-order valence-corrected chi connectivity index (χ4v) is 2.57. The molecule has 0 unspecified atom stereocenters. The van der Waals surface area contributed by atoms with Gasteiger partial charge in [0.05, 0.1) is 17.6 Å². The normalized spacial score (nSPS) is 11.7. The summed E-state index contributed by atoms with van der Waals surface area (Å²) >= 11 is 0. The molecule has 0 aliphatic rings. The summed E-state index contributed by atoms with van der Waals surface area (Å²) in [5, 5.41) is 1.89. The van der Waals surface area contributed by atoms with Gasteiger partial charge in [0.15, 0.2) is 0 Å². The number of alkyl halides is 3. The first-order chi connectivity index (χ1) is 11.8. The Morgan fingerprint density at radius 2 is 1.80 bits per heavy atom. The maximum Gasteiger partial charge on any atom is 0.471 e. The van der Waals surface area contributed by atoms with Crippen molar-refractivity contribution in [1.29, 1.82) is 0 Å². The fourth-order valence-electron chi connectivity index (χ4n) is 2.57. The van der Waals surface area contributed by atoms with Crippen molar-refractivity contribution in [3.8, 4) is 0 Å². The SMILES string of the molecule is Cc1ccc(Cn2c(CNC(=O)C(F)(F)F)nc3ccccc32)cc1. The van der Waals surface area contributed by atoms with E-state index in [1.165, 1.54) is 0 Å². The van der Waals surface area contributed by atoms with Crippen LogP contribution in [0.3, 0.4) is 0 Å². The summed E-state index contributed by atoms with van der Waals surface area (Å²) in [5.41, 5.74) is 3.60. The molecule has 0 aliphatic heterocycles. The molecule has 0 spiro atoms. The van der Waals surface area contributed by atoms with E-state index in [0.717, 1.165) is 16.6 Å². The molecule has 4 nitrogen and oxygen atoms in total. The summed E-state index contributed by atoms with van der Waals surface area (Å²) in [6.45, 7) is 2.14. The second kappa shape index (κ2) is 6.58. The first-order valence-corrected chi connectivity index (χ1v) is 7.69. The number of carbonyl (C=O) groups is 1. The largest absolute Gasteiger partial charge is 0.471 e. The highest BCUT2D eigenvalue weighted by Gasteiger charge is 2.38. The molecule has 25 heavy (non-hydrogen) atoms. The van der Waals surface area contributed by atoms with E-state index in [9.17, 15) is 18.0 Å². The minimum atomic E-state index is -4.91. The molecular weight excluding hydrogens is 331 g/mol. The molecule has 0 atom stereocenters. The molecule has 0 saturated heterocycles. The molecule has 3 aromatic rings. The first-order valence-electron chi connectivity index (χ1n) is 7.69. The number of fused-ring (bicyclic) bond motifs is 1. The van der Waals surface area contributed by atoms with Crippen LogP contribution in [0, 0.1) is 6.92 Å². The van der Waals surface area contributed by atoms with Crippen molar-refractivity contribution in [1.82, 2.24) is 14.9 Å². The number of nitrogens with zero attached hydrogens (tertiary/aromatic N) is 2. The Kier molecular flexibility index (Phi) is 4.48. The number of aromatic nitrogens is 2. The van der Waals surface area contributed by atoms with Gasteiger partial charge in [-0.15, -0.1) is 0 Å². The molecule has 130 valence electrons. The van der Waals surface area contributed by atoms with E-state index in [2.05, 4.69) is 4.98 Å². The van der Waals surface area contributed by atoms with Crippen LogP contribution in [0.5, 0.6) is 0 Å². The number of hydrogen-bond donors (Lipinski definition) is 1. The van der Waals surface area contributed by atoms with Crippen LogP contribution in [-0.2, 0) is 17.9 Å². The lowest BCUT2D eigenvalue weighted by molar-refractivity contribution is -0.173. The van der Waals surface area contributed by atoms with Gasteiger partial charge in [-0.25, -0.2) is 4.98 Å². The van der Waals surface area contributed by atoms with E-state index in [1.807, 2.05) is 59.3 Å². The average Bonchev–Trinajstić information content (AvgIpc) is 2.91. The highest BCUT2D eigenvalue weighted by atomic mass is 19.4. The maximum atomic E-state index is 12.4. The Balaban J connectivity index is 1.91. The van der Waals surface area contributed by atoms with E-state index in [4.69, 9.17) is 0 Å². The van der Waals surface area contributed by atoms with Gasteiger partial charge in [0.25, 0.3) is 0 Å². The van der Waals surface area contributed by atoms with E-state index in [0.29, 0.717) is 17.9 Å². The molecule has 0 fully saturated rings. The highest BCUT2D eigenvalue weighted by Crippen LogP contribution is 2.19. The predicted molar refractivity (Wildman–Crippen MR) is 87.9 cm³/mol. The summed E-state index contributed by atoms with van der Waals surface area (Å²) in [6, 6.07) is 15.2. The molecule has 3 rings (SSSR count). The monoisotopic (exact) mass is 347 g/mol. The van der Waals surface area contributed by atoms with Gasteiger partial charge in [0.1, 0.15) is 5.82 Å². The van der Waals surface area contributed by atoms with Crippen LogP contribution >= 0.6 is 0 Å². The number of rotatable bonds is 4. The van der Waals surface area contributed by atoms with Crippen LogP contribution in [0.15, 0.2) is 48.5 Å². The molecule has 7 heteroatoms. The zero-order chi connectivity index (χ0) is 18.0. The molecule has 1 N–H and O–H groups in total. The Bertz CT molecular complexity index is 898. The number of aryl methyl sites for hydroxylation is 1. The molecule has 1 amide bonds. The minimum Gasteiger partial charge on any atom is -0.341 e. The summed E-state index contributed by atoms with van der Waals surface area (Å²) in [4.78, 5) is 15.4. The van der Waals surface area contributed by atoms with E-state index < -0.39 is 12.1 Å². The third-order valence-corrected chi connectivity index (χ3v) is 3.86. The fraction of sp³-hybridized carbons (Fsp3) is 0.222. The Hall–Kier alpha value is -2.83. The van der Waals surface area contributed by atoms with Crippen LogP contribution < -0.4 is 5.32 Å². The Labute approximate surface area is 142 Å². The lowest BCUT2D eigenvalue weighted by Crippen LogP contribution is -2.36. The Morgan fingerprint density at radius 1 is 1.12 bits per heavy atom. The molecule has 0 bridgehead atoms. The standard InChI is InChI=1S/C18H16F3N3O/c1-12-6-8-13(9-7-12)11-24-15-5-3-2-4-14(15)23-16(24)10-22-17(25)18(19,20)21/h2-9H,10-11H2,1H3,(H,22,25). The van der Waals surface area contributed by atoms with Gasteiger partial charge in [-0.3, -0.25) is 4.79 Å². The molecule has 0 radical (unpaired) electrons. The number of para-hydroxylation sites is 2. The summed E-state index contributed by atoms with van der Waals surface area (Å²) in [5.74, 6) is -1.60. The van der Waals surface area contributed by atoms with Gasteiger partial charge in [-0.2, -0.15) is 13.2 Å². The molecule has 1 heterocycles. The van der Waals surface area contributed by atoms with Gasteiger partial charge in [0.2, 0.25) is 0 Å². The van der Waals surface area contributed by atoms with Crippen molar-refractivity contribution in [2.75, 3.05) is 0 Å². The highest BCUT2D eigenvalue weighted by molar-refractivity contribution is 5.81. The molecular formula is C18H16F3N3O. The molecule has 0 saturated carbocycles. The molecule has 2 aromatic carbocycles. The van der Waals surface area contributed by atoms with Gasteiger partial charge < -0.3 is 9.88 Å². The van der Waals surface area contributed by atoms with E-state index in [-0.39, 0.29) is 6.54 Å². The maximum absolute atomic E-state index is 12.4. The van der Waals surface area contributed by atoms with Gasteiger partial charge in [-0.05, 0) is 24.6 Å². The third-order valence-electron chi connectivity index (χ3n) is 3.86. The van der Waals surface area contributed by atoms with Crippen molar-refractivity contribution in [3.63, 3.8) is 0 Å². The molecule has 0 aliphatic carbocycles. The lowest BCUT2D eigenvalue weighted by Gasteiger charge is -2.11. The van der Waals surface area contributed by atoms with Crippen LogP contribution in [0.25, 0.3) is 11.0 Å². The van der Waals surface area contributed by atoms with Crippen molar-refractivity contribution < 1.29 is 18.0 Å². The lowest BCUT2D eigenvalue weighted by atomic mass is 10.1. The predicted octanol–water partition coefficient (Wildman–Crippen LogP) is 3.57. The Morgan fingerprint density at radius 3 is 2.48 bits per heavy atom. The van der Waals surface area contributed by atoms with Crippen molar-refractivity contribution in [3.05, 3.63) is 65.5 Å². The number of halogens is 3. The zero-order valence-corrected chi connectivity index (χ0v) is 13.5. The smallest absolute Gasteiger partial charge is 0.341 e. The van der Waals surface area contributed by atoms with Gasteiger partial charge >= 0.3 is 12.1 Å². The third kappa shape index (κ3) is 3.81. The van der Waals surface area contributed by atoms with Crippen molar-refractivity contribution >= 4 is 16.9 Å².